The van der Waals surface area contributed by atoms with E-state index in [0.29, 0.717) is 17.2 Å². The van der Waals surface area contributed by atoms with Gasteiger partial charge in [0.15, 0.2) is 0 Å². The summed E-state index contributed by atoms with van der Waals surface area (Å²) in [6, 6.07) is 15.3. The van der Waals surface area contributed by atoms with Gasteiger partial charge in [0.05, 0.1) is 17.7 Å². The van der Waals surface area contributed by atoms with E-state index in [1.54, 1.807) is 12.3 Å². The molecule has 3 aromatic rings. The Morgan fingerprint density at radius 2 is 1.97 bits per heavy atom. The van der Waals surface area contributed by atoms with E-state index in [0.717, 1.165) is 48.5 Å². The molecule has 0 radical (unpaired) electrons. The molecule has 1 fully saturated rings. The minimum absolute atomic E-state index is 0.126. The Labute approximate surface area is 182 Å². The van der Waals surface area contributed by atoms with E-state index in [-0.39, 0.29) is 11.9 Å². The van der Waals surface area contributed by atoms with Gasteiger partial charge in [0, 0.05) is 29.3 Å². The molecule has 1 saturated heterocycles. The van der Waals surface area contributed by atoms with Gasteiger partial charge in [-0.3, -0.25) is 4.79 Å². The molecule has 0 saturated carbocycles. The minimum atomic E-state index is -0.199. The molecule has 1 aromatic heterocycles. The lowest BCUT2D eigenvalue weighted by atomic mass is 9.95. The van der Waals surface area contributed by atoms with Gasteiger partial charge in [0.25, 0.3) is 5.91 Å². The van der Waals surface area contributed by atoms with E-state index < -0.39 is 0 Å². The average molecular weight is 426 g/mol. The Morgan fingerprint density at radius 3 is 2.77 bits per heavy atom. The maximum atomic E-state index is 12.9. The highest BCUT2D eigenvalue weighted by molar-refractivity contribution is 6.35. The van der Waals surface area contributed by atoms with Gasteiger partial charge in [0.1, 0.15) is 0 Å². The summed E-state index contributed by atoms with van der Waals surface area (Å²) in [5, 5.41) is 8.10. The molecule has 1 aliphatic rings. The summed E-state index contributed by atoms with van der Waals surface area (Å²) in [4.78, 5) is 16.0. The number of carbonyl (C=O) groups excluding carboxylic acids is 1. The van der Waals surface area contributed by atoms with Crippen LogP contribution in [0.4, 0.5) is 0 Å². The quantitative estimate of drug-likeness (QED) is 0.458. The van der Waals surface area contributed by atoms with E-state index >= 15 is 0 Å². The van der Waals surface area contributed by atoms with Gasteiger partial charge >= 0.3 is 0 Å². The number of piperidine rings is 1. The number of aromatic nitrogens is 1. The van der Waals surface area contributed by atoms with Crippen LogP contribution in [0.1, 0.15) is 41.2 Å². The van der Waals surface area contributed by atoms with Crippen molar-refractivity contribution in [3.8, 4) is 0 Å². The van der Waals surface area contributed by atoms with Crippen LogP contribution < -0.4 is 10.6 Å². The van der Waals surface area contributed by atoms with Crippen LogP contribution >= 0.6 is 11.6 Å². The fraction of sp³-hybridized carbons (Fsp3) is 0.375. The summed E-state index contributed by atoms with van der Waals surface area (Å²) in [5.74, 6) is 0.605. The minimum Gasteiger partial charge on any atom is -0.379 e. The Kier molecular flexibility index (Phi) is 7.05. The third-order valence-electron chi connectivity index (χ3n) is 5.81. The SMILES string of the molecule is O=C(N[C@@H](COCCC1CCNCC1)c1ccccc1)c1ccc2c(Cl)c[nH]c2c1. The van der Waals surface area contributed by atoms with Crippen molar-refractivity contribution in [1.29, 1.82) is 0 Å². The largest absolute Gasteiger partial charge is 0.379 e. The lowest BCUT2D eigenvalue weighted by Crippen LogP contribution is -2.32. The molecule has 1 amide bonds. The average Bonchev–Trinajstić information content (AvgIpc) is 3.17. The molecule has 5 nitrogen and oxygen atoms in total. The fourth-order valence-corrected chi connectivity index (χ4v) is 4.22. The summed E-state index contributed by atoms with van der Waals surface area (Å²) in [6.45, 7) is 3.38. The molecule has 6 heteroatoms. The molecule has 0 bridgehead atoms. The second-order valence-electron chi connectivity index (χ2n) is 7.89. The van der Waals surface area contributed by atoms with Crippen molar-refractivity contribution in [2.75, 3.05) is 26.3 Å². The van der Waals surface area contributed by atoms with Crippen LogP contribution in [0.25, 0.3) is 10.9 Å². The first-order valence-corrected chi connectivity index (χ1v) is 11.0. The van der Waals surface area contributed by atoms with Gasteiger partial charge in [-0.2, -0.15) is 0 Å². The number of ether oxygens (including phenoxy) is 1. The topological polar surface area (TPSA) is 66.2 Å². The molecule has 0 spiro atoms. The number of H-pyrrole nitrogens is 1. The Morgan fingerprint density at radius 1 is 1.17 bits per heavy atom. The number of halogens is 1. The van der Waals surface area contributed by atoms with Gasteiger partial charge in [-0.1, -0.05) is 48.0 Å². The highest BCUT2D eigenvalue weighted by atomic mass is 35.5. The Bertz CT molecular complexity index is 967. The molecule has 2 aromatic carbocycles. The van der Waals surface area contributed by atoms with Crippen molar-refractivity contribution in [2.45, 2.75) is 25.3 Å². The van der Waals surface area contributed by atoms with E-state index in [2.05, 4.69) is 15.6 Å². The zero-order chi connectivity index (χ0) is 20.8. The normalized spacial score (nSPS) is 15.9. The summed E-state index contributed by atoms with van der Waals surface area (Å²) < 4.78 is 6.00. The molecule has 4 rings (SSSR count). The van der Waals surface area contributed by atoms with E-state index in [1.165, 1.54) is 12.8 Å². The van der Waals surface area contributed by atoms with Gasteiger partial charge in [0.2, 0.25) is 0 Å². The number of hydrogen-bond acceptors (Lipinski definition) is 3. The van der Waals surface area contributed by atoms with Crippen molar-refractivity contribution in [3.63, 3.8) is 0 Å². The second-order valence-corrected chi connectivity index (χ2v) is 8.30. The Balaban J connectivity index is 1.39. The molecular formula is C24H28ClN3O2. The zero-order valence-electron chi connectivity index (χ0n) is 17.0. The van der Waals surface area contributed by atoms with E-state index in [1.807, 2.05) is 42.5 Å². The van der Waals surface area contributed by atoms with Crippen molar-refractivity contribution in [3.05, 3.63) is 70.9 Å². The first kappa shape index (κ1) is 20.9. The Hall–Kier alpha value is -2.34. The molecular weight excluding hydrogens is 398 g/mol. The molecule has 0 unspecified atom stereocenters. The molecule has 1 aliphatic heterocycles. The number of aromatic amines is 1. The van der Waals surface area contributed by atoms with Crippen LogP contribution in [0.5, 0.6) is 0 Å². The van der Waals surface area contributed by atoms with Crippen LogP contribution in [-0.4, -0.2) is 37.2 Å². The fourth-order valence-electron chi connectivity index (χ4n) is 4.00. The van der Waals surface area contributed by atoms with Gasteiger partial charge in [-0.15, -0.1) is 0 Å². The van der Waals surface area contributed by atoms with Gasteiger partial charge in [-0.25, -0.2) is 0 Å². The highest BCUT2D eigenvalue weighted by Gasteiger charge is 2.18. The summed E-state index contributed by atoms with van der Waals surface area (Å²) in [5.41, 5.74) is 2.48. The zero-order valence-corrected chi connectivity index (χ0v) is 17.8. The number of amides is 1. The van der Waals surface area contributed by atoms with Gasteiger partial charge in [-0.05, 0) is 56.0 Å². The summed E-state index contributed by atoms with van der Waals surface area (Å²) in [6.07, 6.45) is 5.24. The third-order valence-corrected chi connectivity index (χ3v) is 6.13. The summed E-state index contributed by atoms with van der Waals surface area (Å²) in [7, 11) is 0. The smallest absolute Gasteiger partial charge is 0.251 e. The molecule has 0 aliphatic carbocycles. The number of hydrogen-bond donors (Lipinski definition) is 3. The monoisotopic (exact) mass is 425 g/mol. The highest BCUT2D eigenvalue weighted by Crippen LogP contribution is 2.24. The predicted octanol–water partition coefficient (Wildman–Crippen LogP) is 4.70. The van der Waals surface area contributed by atoms with Crippen LogP contribution in [0, 0.1) is 5.92 Å². The van der Waals surface area contributed by atoms with Crippen molar-refractivity contribution >= 4 is 28.4 Å². The van der Waals surface area contributed by atoms with E-state index in [9.17, 15) is 4.79 Å². The predicted molar refractivity (Wildman–Crippen MR) is 121 cm³/mol. The number of benzene rings is 2. The molecule has 158 valence electrons. The number of carbonyl (C=O) groups is 1. The maximum absolute atomic E-state index is 12.9. The number of fused-ring (bicyclic) bond motifs is 1. The lowest BCUT2D eigenvalue weighted by molar-refractivity contribution is 0.0790. The first-order valence-electron chi connectivity index (χ1n) is 10.6. The van der Waals surface area contributed by atoms with E-state index in [4.69, 9.17) is 16.3 Å². The molecule has 3 N–H and O–H groups in total. The lowest BCUT2D eigenvalue weighted by Gasteiger charge is -2.23. The number of nitrogens with one attached hydrogen (secondary N) is 3. The van der Waals surface area contributed by atoms with Crippen LogP contribution in [-0.2, 0) is 4.74 Å². The third kappa shape index (κ3) is 5.22. The van der Waals surface area contributed by atoms with Gasteiger partial charge < -0.3 is 20.4 Å². The van der Waals surface area contributed by atoms with Crippen LogP contribution in [0.3, 0.4) is 0 Å². The maximum Gasteiger partial charge on any atom is 0.251 e. The van der Waals surface area contributed by atoms with Crippen molar-refractivity contribution < 1.29 is 9.53 Å². The molecule has 2 heterocycles. The summed E-state index contributed by atoms with van der Waals surface area (Å²) >= 11 is 6.14. The standard InChI is InChI=1S/C24H28ClN3O2/c25-21-15-27-22-14-19(6-7-20(21)22)24(29)28-23(18-4-2-1-3-5-18)16-30-13-10-17-8-11-26-12-9-17/h1-7,14-15,17,23,26-27H,8-13,16H2,(H,28,29)/t23-/m0/s1. The first-order chi connectivity index (χ1) is 14.7. The van der Waals surface area contributed by atoms with Crippen molar-refractivity contribution in [1.82, 2.24) is 15.6 Å². The second kappa shape index (κ2) is 10.1. The van der Waals surface area contributed by atoms with Crippen LogP contribution in [0.2, 0.25) is 5.02 Å². The number of rotatable bonds is 8. The van der Waals surface area contributed by atoms with Crippen LogP contribution in [0.15, 0.2) is 54.7 Å². The van der Waals surface area contributed by atoms with Crippen molar-refractivity contribution in [2.24, 2.45) is 5.92 Å². The molecule has 1 atom stereocenters. The molecule has 30 heavy (non-hydrogen) atoms.